The summed E-state index contributed by atoms with van der Waals surface area (Å²) in [5, 5.41) is 23.6. The standard InChI is InChI=1S/C26H28N4O6/c1-4-13-30(15-17-5-10-21-20(14-17)25(36-3)28-16(2)27-21)19-8-6-18(7-9-19)24(33)29-22(26(34)35)11-12-23(31)32/h1,5-10,14,22,25H,11-13,15H2,2-3H3,(H,27,28)(H,29,33)(H,31,32)(H,34,35)/t22-,25?/m0/s1. The molecule has 1 amide bonds. The molecule has 0 radical (unpaired) electrons. The number of hydrogen-bond acceptors (Lipinski definition) is 7. The van der Waals surface area contributed by atoms with E-state index < -0.39 is 30.1 Å². The van der Waals surface area contributed by atoms with Crippen LogP contribution in [0.2, 0.25) is 0 Å². The highest BCUT2D eigenvalue weighted by molar-refractivity contribution is 5.97. The molecule has 1 aliphatic heterocycles. The Bertz CT molecular complexity index is 1200. The van der Waals surface area contributed by atoms with E-state index in [1.165, 1.54) is 0 Å². The lowest BCUT2D eigenvalue weighted by atomic mass is 10.0. The minimum Gasteiger partial charge on any atom is -0.481 e. The first-order valence-electron chi connectivity index (χ1n) is 11.2. The maximum Gasteiger partial charge on any atom is 0.326 e. The van der Waals surface area contributed by atoms with Gasteiger partial charge in [-0.05, 0) is 55.3 Å². The Hall–Kier alpha value is -4.36. The lowest BCUT2D eigenvalue weighted by Crippen LogP contribution is -2.41. The predicted octanol–water partition coefficient (Wildman–Crippen LogP) is 2.86. The Labute approximate surface area is 209 Å². The molecule has 1 aliphatic rings. The number of nitrogens with one attached hydrogen (secondary N) is 2. The number of ether oxygens (including phenoxy) is 1. The number of fused-ring (bicyclic) bond motifs is 1. The number of amides is 1. The zero-order chi connectivity index (χ0) is 26.2. The molecule has 3 rings (SSSR count). The van der Waals surface area contributed by atoms with Gasteiger partial charge in [0, 0.05) is 42.6 Å². The van der Waals surface area contributed by atoms with E-state index in [4.69, 9.17) is 16.3 Å². The zero-order valence-electron chi connectivity index (χ0n) is 20.0. The van der Waals surface area contributed by atoms with Gasteiger partial charge in [-0.2, -0.15) is 0 Å². The van der Waals surface area contributed by atoms with Gasteiger partial charge in [0.15, 0.2) is 6.23 Å². The lowest BCUT2D eigenvalue weighted by Gasteiger charge is -2.26. The molecular formula is C26H28N4O6. The second-order valence-electron chi connectivity index (χ2n) is 8.25. The van der Waals surface area contributed by atoms with Crippen molar-refractivity contribution in [3.8, 4) is 12.3 Å². The number of terminal acetylenes is 1. The van der Waals surface area contributed by atoms with Crippen LogP contribution >= 0.6 is 0 Å². The van der Waals surface area contributed by atoms with E-state index >= 15 is 0 Å². The normalized spacial score (nSPS) is 14.9. The highest BCUT2D eigenvalue weighted by Crippen LogP contribution is 2.32. The number of methoxy groups -OCH3 is 1. The van der Waals surface area contributed by atoms with Gasteiger partial charge in [0.2, 0.25) is 0 Å². The van der Waals surface area contributed by atoms with E-state index in [1.54, 1.807) is 31.4 Å². The summed E-state index contributed by atoms with van der Waals surface area (Å²) in [5.41, 5.74) is 3.87. The molecular weight excluding hydrogens is 464 g/mol. The molecule has 0 aliphatic carbocycles. The van der Waals surface area contributed by atoms with Crippen LogP contribution in [0.25, 0.3) is 0 Å². The fourth-order valence-electron chi connectivity index (χ4n) is 3.84. The molecule has 0 aromatic heterocycles. The molecule has 0 fully saturated rings. The number of nitrogens with zero attached hydrogens (tertiary/aromatic N) is 2. The molecule has 2 atom stereocenters. The van der Waals surface area contributed by atoms with Crippen molar-refractivity contribution in [3.63, 3.8) is 0 Å². The van der Waals surface area contributed by atoms with E-state index in [0.717, 1.165) is 28.3 Å². The summed E-state index contributed by atoms with van der Waals surface area (Å²) in [5.74, 6) is 0.390. The quantitative estimate of drug-likeness (QED) is 0.351. The van der Waals surface area contributed by atoms with Crippen LogP contribution in [0, 0.1) is 12.3 Å². The first kappa shape index (κ1) is 26.2. The van der Waals surface area contributed by atoms with Crippen molar-refractivity contribution >= 4 is 35.1 Å². The van der Waals surface area contributed by atoms with Crippen LogP contribution in [0.4, 0.5) is 11.4 Å². The number of amidine groups is 1. The van der Waals surface area contributed by atoms with E-state index in [1.807, 2.05) is 30.0 Å². The summed E-state index contributed by atoms with van der Waals surface area (Å²) in [6.07, 6.45) is 4.62. The van der Waals surface area contributed by atoms with Gasteiger partial charge in [-0.3, -0.25) is 9.59 Å². The summed E-state index contributed by atoms with van der Waals surface area (Å²) in [6, 6.07) is 11.3. The summed E-state index contributed by atoms with van der Waals surface area (Å²) < 4.78 is 5.51. The fourth-order valence-corrected chi connectivity index (χ4v) is 3.84. The number of benzene rings is 2. The van der Waals surface area contributed by atoms with Gasteiger partial charge >= 0.3 is 11.9 Å². The van der Waals surface area contributed by atoms with Crippen molar-refractivity contribution in [2.45, 2.75) is 38.6 Å². The number of rotatable bonds is 11. The van der Waals surface area contributed by atoms with E-state index in [9.17, 15) is 19.5 Å². The number of carboxylic acids is 2. The molecule has 188 valence electrons. The van der Waals surface area contributed by atoms with Crippen molar-refractivity contribution in [3.05, 3.63) is 59.2 Å². The number of aliphatic imine (C=N–C) groups is 1. The molecule has 10 nitrogen and oxygen atoms in total. The number of carbonyl (C=O) groups excluding carboxylic acids is 1. The van der Waals surface area contributed by atoms with Gasteiger partial charge in [-0.1, -0.05) is 12.0 Å². The van der Waals surface area contributed by atoms with Crippen molar-refractivity contribution in [2.24, 2.45) is 4.99 Å². The molecule has 0 saturated carbocycles. The highest BCUT2D eigenvalue weighted by Gasteiger charge is 2.22. The maximum atomic E-state index is 12.5. The first-order chi connectivity index (χ1) is 17.2. The maximum absolute atomic E-state index is 12.5. The third-order valence-corrected chi connectivity index (χ3v) is 5.63. The van der Waals surface area contributed by atoms with Gasteiger partial charge in [-0.15, -0.1) is 6.42 Å². The molecule has 0 spiro atoms. The smallest absolute Gasteiger partial charge is 0.326 e. The summed E-state index contributed by atoms with van der Waals surface area (Å²) in [4.78, 5) is 41.1. The number of carbonyl (C=O) groups is 3. The van der Waals surface area contributed by atoms with E-state index in [2.05, 4.69) is 21.5 Å². The zero-order valence-corrected chi connectivity index (χ0v) is 20.0. The van der Waals surface area contributed by atoms with E-state index in [-0.39, 0.29) is 18.4 Å². The van der Waals surface area contributed by atoms with Gasteiger partial charge in [-0.25, -0.2) is 9.79 Å². The number of hydrogen-bond donors (Lipinski definition) is 4. The highest BCUT2D eigenvalue weighted by atomic mass is 16.5. The van der Waals surface area contributed by atoms with Crippen molar-refractivity contribution < 1.29 is 29.3 Å². The van der Waals surface area contributed by atoms with Gasteiger partial charge in [0.05, 0.1) is 6.54 Å². The van der Waals surface area contributed by atoms with Crippen LogP contribution in [0.15, 0.2) is 47.5 Å². The van der Waals surface area contributed by atoms with Crippen LogP contribution in [0.5, 0.6) is 0 Å². The van der Waals surface area contributed by atoms with Gasteiger partial charge in [0.25, 0.3) is 5.91 Å². The summed E-state index contributed by atoms with van der Waals surface area (Å²) in [7, 11) is 1.61. The second-order valence-corrected chi connectivity index (χ2v) is 8.25. The SMILES string of the molecule is C#CCN(Cc1ccc2c(c1)C(OC)N=C(C)N2)c1ccc(C(=O)N[C@@H](CCC(=O)O)C(=O)O)cc1. The minimum absolute atomic E-state index is 0.213. The van der Waals surface area contributed by atoms with E-state index in [0.29, 0.717) is 13.1 Å². The Morgan fingerprint density at radius 3 is 2.56 bits per heavy atom. The predicted molar refractivity (Wildman–Crippen MR) is 135 cm³/mol. The molecule has 2 aromatic rings. The Morgan fingerprint density at radius 2 is 1.94 bits per heavy atom. The Balaban J connectivity index is 1.74. The fraction of sp³-hybridized carbons (Fsp3) is 0.308. The summed E-state index contributed by atoms with van der Waals surface area (Å²) >= 11 is 0. The van der Waals surface area contributed by atoms with Crippen LogP contribution in [0.1, 0.15) is 47.5 Å². The molecule has 36 heavy (non-hydrogen) atoms. The molecule has 1 heterocycles. The van der Waals surface area contributed by atoms with Crippen molar-refractivity contribution in [1.29, 1.82) is 0 Å². The average Bonchev–Trinajstić information content (AvgIpc) is 2.85. The Kier molecular flexibility index (Phi) is 8.65. The molecule has 0 bridgehead atoms. The second kappa shape index (κ2) is 11.9. The van der Waals surface area contributed by atoms with Crippen LogP contribution in [0.3, 0.4) is 0 Å². The number of anilines is 2. The molecule has 1 unspecified atom stereocenters. The third-order valence-electron chi connectivity index (χ3n) is 5.63. The lowest BCUT2D eigenvalue weighted by molar-refractivity contribution is -0.140. The molecule has 10 heteroatoms. The largest absolute Gasteiger partial charge is 0.481 e. The first-order valence-corrected chi connectivity index (χ1v) is 11.2. The number of aliphatic carboxylic acids is 2. The van der Waals surface area contributed by atoms with Crippen LogP contribution in [-0.4, -0.2) is 53.6 Å². The third kappa shape index (κ3) is 6.61. The molecule has 2 aromatic carbocycles. The molecule has 0 saturated heterocycles. The summed E-state index contributed by atoms with van der Waals surface area (Å²) in [6.45, 7) is 2.69. The number of carboxylic acid groups (broad SMARTS) is 2. The van der Waals surface area contributed by atoms with Crippen LogP contribution < -0.4 is 15.5 Å². The van der Waals surface area contributed by atoms with Gasteiger partial charge < -0.3 is 30.5 Å². The van der Waals surface area contributed by atoms with Gasteiger partial charge in [0.1, 0.15) is 11.9 Å². The molecule has 4 N–H and O–H groups in total. The topological polar surface area (TPSA) is 141 Å². The Morgan fingerprint density at radius 1 is 1.22 bits per heavy atom. The average molecular weight is 493 g/mol. The monoisotopic (exact) mass is 492 g/mol. The van der Waals surface area contributed by atoms with Crippen molar-refractivity contribution in [2.75, 3.05) is 23.9 Å². The minimum atomic E-state index is -1.30. The van der Waals surface area contributed by atoms with Crippen molar-refractivity contribution in [1.82, 2.24) is 5.32 Å². The van der Waals surface area contributed by atoms with Crippen LogP contribution in [-0.2, 0) is 20.9 Å².